The number of carbonyl (C=O) groups excluding carboxylic acids is 1. The van der Waals surface area contributed by atoms with Crippen LogP contribution in [0.15, 0.2) is 48.5 Å². The molecule has 2 aromatic carbocycles. The van der Waals surface area contributed by atoms with E-state index in [1.54, 1.807) is 0 Å². The molecule has 1 fully saturated rings. The van der Waals surface area contributed by atoms with E-state index >= 15 is 0 Å². The summed E-state index contributed by atoms with van der Waals surface area (Å²) in [6, 6.07) is 18.1. The number of nitrogens with zero attached hydrogens (tertiary/aromatic N) is 2. The second kappa shape index (κ2) is 6.10. The number of anilines is 1. The molecule has 0 spiro atoms. The number of benzene rings is 2. The highest BCUT2D eigenvalue weighted by atomic mass is 16.2. The van der Waals surface area contributed by atoms with Gasteiger partial charge in [0.2, 0.25) is 5.91 Å². The lowest BCUT2D eigenvalue weighted by Crippen LogP contribution is -2.13. The summed E-state index contributed by atoms with van der Waals surface area (Å²) in [5.41, 5.74) is 4.50. The van der Waals surface area contributed by atoms with Gasteiger partial charge < -0.3 is 9.88 Å². The number of aromatic nitrogens is 1. The van der Waals surface area contributed by atoms with E-state index in [0.717, 1.165) is 47.2 Å². The van der Waals surface area contributed by atoms with Crippen LogP contribution < -0.4 is 5.32 Å². The summed E-state index contributed by atoms with van der Waals surface area (Å²) in [5.74, 6) is 0.292. The topological polar surface area (TPSA) is 57.8 Å². The van der Waals surface area contributed by atoms with Crippen molar-refractivity contribution >= 4 is 22.5 Å². The van der Waals surface area contributed by atoms with Gasteiger partial charge in [0.05, 0.1) is 11.3 Å². The van der Waals surface area contributed by atoms with Gasteiger partial charge in [-0.05, 0) is 43.5 Å². The number of carbonyl (C=O) groups is 1. The fraction of sp³-hybridized carbons (Fsp3) is 0.238. The van der Waals surface area contributed by atoms with Gasteiger partial charge >= 0.3 is 0 Å². The molecule has 0 atom stereocenters. The quantitative estimate of drug-likeness (QED) is 0.763. The molecule has 1 aromatic heterocycles. The van der Waals surface area contributed by atoms with Gasteiger partial charge in [-0.15, -0.1) is 0 Å². The van der Waals surface area contributed by atoms with Crippen LogP contribution in [-0.2, 0) is 11.3 Å². The van der Waals surface area contributed by atoms with Crippen molar-refractivity contribution in [3.63, 3.8) is 0 Å². The van der Waals surface area contributed by atoms with Gasteiger partial charge in [-0.2, -0.15) is 5.26 Å². The maximum atomic E-state index is 11.9. The van der Waals surface area contributed by atoms with Crippen LogP contribution in [-0.4, -0.2) is 10.5 Å². The van der Waals surface area contributed by atoms with E-state index in [2.05, 4.69) is 22.9 Å². The zero-order valence-electron chi connectivity index (χ0n) is 14.1. The molecular weight excluding hydrogens is 310 g/mol. The highest BCUT2D eigenvalue weighted by molar-refractivity contribution is 5.96. The van der Waals surface area contributed by atoms with Crippen molar-refractivity contribution in [2.24, 2.45) is 5.92 Å². The molecular formula is C21H19N3O. The van der Waals surface area contributed by atoms with Crippen molar-refractivity contribution in [1.29, 1.82) is 5.26 Å². The number of hydrogen-bond acceptors (Lipinski definition) is 2. The maximum Gasteiger partial charge on any atom is 0.227 e. The number of fused-ring (bicyclic) bond motifs is 1. The van der Waals surface area contributed by atoms with Crippen molar-refractivity contribution < 1.29 is 4.79 Å². The fourth-order valence-corrected chi connectivity index (χ4v) is 3.35. The molecule has 0 bridgehead atoms. The molecule has 4 heteroatoms. The molecule has 4 rings (SSSR count). The first kappa shape index (κ1) is 15.5. The molecule has 1 aliphatic rings. The summed E-state index contributed by atoms with van der Waals surface area (Å²) in [4.78, 5) is 11.9. The largest absolute Gasteiger partial charge is 0.340 e. The molecule has 1 amide bonds. The maximum absolute atomic E-state index is 11.9. The molecule has 124 valence electrons. The SMILES string of the molecule is CCn1c(-c2ccc(NC(=O)C3CC3)cc2)c(C#N)c2ccccc21. The number of amides is 1. The molecule has 0 unspecified atom stereocenters. The third-order valence-corrected chi connectivity index (χ3v) is 4.77. The summed E-state index contributed by atoms with van der Waals surface area (Å²) in [6.07, 6.45) is 1.98. The summed E-state index contributed by atoms with van der Waals surface area (Å²) in [7, 11) is 0. The minimum absolute atomic E-state index is 0.105. The van der Waals surface area contributed by atoms with Crippen LogP contribution in [0.2, 0.25) is 0 Å². The molecule has 1 aliphatic carbocycles. The van der Waals surface area contributed by atoms with Crippen LogP contribution in [0.25, 0.3) is 22.2 Å². The summed E-state index contributed by atoms with van der Waals surface area (Å²) in [6.45, 7) is 2.87. The van der Waals surface area contributed by atoms with E-state index in [-0.39, 0.29) is 11.8 Å². The number of nitriles is 1. The number of rotatable bonds is 4. The van der Waals surface area contributed by atoms with E-state index < -0.39 is 0 Å². The Balaban J connectivity index is 1.76. The third kappa shape index (κ3) is 2.68. The van der Waals surface area contributed by atoms with Gasteiger partial charge in [0.1, 0.15) is 6.07 Å². The van der Waals surface area contributed by atoms with Crippen LogP contribution in [0.1, 0.15) is 25.3 Å². The second-order valence-corrected chi connectivity index (χ2v) is 6.44. The molecule has 4 nitrogen and oxygen atoms in total. The fourth-order valence-electron chi connectivity index (χ4n) is 3.35. The van der Waals surface area contributed by atoms with E-state index in [0.29, 0.717) is 5.56 Å². The zero-order valence-corrected chi connectivity index (χ0v) is 14.1. The van der Waals surface area contributed by atoms with E-state index in [9.17, 15) is 10.1 Å². The molecule has 3 aromatic rings. The zero-order chi connectivity index (χ0) is 17.4. The average Bonchev–Trinajstić information content (AvgIpc) is 3.44. The highest BCUT2D eigenvalue weighted by Crippen LogP contribution is 2.34. The molecule has 0 aliphatic heterocycles. The first-order valence-electron chi connectivity index (χ1n) is 8.65. The Bertz CT molecular complexity index is 988. The molecule has 1 saturated carbocycles. The minimum Gasteiger partial charge on any atom is -0.340 e. The molecule has 1 N–H and O–H groups in total. The average molecular weight is 329 g/mol. The first-order valence-corrected chi connectivity index (χ1v) is 8.65. The monoisotopic (exact) mass is 329 g/mol. The van der Waals surface area contributed by atoms with Crippen LogP contribution in [0.3, 0.4) is 0 Å². The summed E-state index contributed by atoms with van der Waals surface area (Å²) in [5, 5.41) is 13.6. The number of nitrogens with one attached hydrogen (secondary N) is 1. The lowest BCUT2D eigenvalue weighted by molar-refractivity contribution is -0.117. The van der Waals surface area contributed by atoms with E-state index in [1.807, 2.05) is 48.5 Å². The van der Waals surface area contributed by atoms with Gasteiger partial charge in [0.25, 0.3) is 0 Å². The standard InChI is InChI=1S/C21H19N3O/c1-2-24-19-6-4-3-5-17(19)18(13-22)20(24)14-9-11-16(12-10-14)23-21(25)15-7-8-15/h3-6,9-12,15H,2,7-8H2,1H3,(H,23,25). The number of para-hydroxylation sites is 1. The third-order valence-electron chi connectivity index (χ3n) is 4.77. The van der Waals surface area contributed by atoms with E-state index in [4.69, 9.17) is 0 Å². The van der Waals surface area contributed by atoms with Crippen molar-refractivity contribution in [2.75, 3.05) is 5.32 Å². The number of aryl methyl sites for hydroxylation is 1. The predicted molar refractivity (Wildman–Crippen MR) is 99.1 cm³/mol. The second-order valence-electron chi connectivity index (χ2n) is 6.44. The van der Waals surface area contributed by atoms with Gasteiger partial charge in [0.15, 0.2) is 0 Å². The first-order chi connectivity index (χ1) is 12.2. The van der Waals surface area contributed by atoms with Crippen molar-refractivity contribution in [2.45, 2.75) is 26.3 Å². The van der Waals surface area contributed by atoms with Gasteiger partial charge in [-0.1, -0.05) is 30.3 Å². The van der Waals surface area contributed by atoms with Crippen molar-refractivity contribution in [3.05, 3.63) is 54.1 Å². The van der Waals surface area contributed by atoms with Crippen LogP contribution >= 0.6 is 0 Å². The molecule has 25 heavy (non-hydrogen) atoms. The Labute approximate surface area is 146 Å². The Morgan fingerprint density at radius 2 is 1.92 bits per heavy atom. The Morgan fingerprint density at radius 3 is 2.56 bits per heavy atom. The molecule has 1 heterocycles. The Kier molecular flexibility index (Phi) is 3.77. The Hall–Kier alpha value is -3.06. The summed E-state index contributed by atoms with van der Waals surface area (Å²) >= 11 is 0. The predicted octanol–water partition coefficient (Wildman–Crippen LogP) is 4.55. The van der Waals surface area contributed by atoms with Crippen LogP contribution in [0, 0.1) is 17.2 Å². The lowest BCUT2D eigenvalue weighted by Gasteiger charge is -2.10. The lowest BCUT2D eigenvalue weighted by atomic mass is 10.1. The van der Waals surface area contributed by atoms with Gasteiger partial charge in [-0.25, -0.2) is 0 Å². The van der Waals surface area contributed by atoms with Crippen LogP contribution in [0.4, 0.5) is 5.69 Å². The minimum atomic E-state index is 0.105. The number of hydrogen-bond donors (Lipinski definition) is 1. The van der Waals surface area contributed by atoms with Crippen LogP contribution in [0.5, 0.6) is 0 Å². The smallest absolute Gasteiger partial charge is 0.227 e. The molecule has 0 radical (unpaired) electrons. The molecule has 0 saturated heterocycles. The normalized spacial score (nSPS) is 13.6. The van der Waals surface area contributed by atoms with E-state index in [1.165, 1.54) is 0 Å². The highest BCUT2D eigenvalue weighted by Gasteiger charge is 2.29. The van der Waals surface area contributed by atoms with Crippen molar-refractivity contribution in [3.8, 4) is 17.3 Å². The van der Waals surface area contributed by atoms with Crippen molar-refractivity contribution in [1.82, 2.24) is 4.57 Å². The van der Waals surface area contributed by atoms with Gasteiger partial charge in [0, 0.05) is 29.1 Å². The Morgan fingerprint density at radius 1 is 1.20 bits per heavy atom. The summed E-state index contributed by atoms with van der Waals surface area (Å²) < 4.78 is 2.17. The van der Waals surface area contributed by atoms with Gasteiger partial charge in [-0.3, -0.25) is 4.79 Å².